The molecule has 0 fully saturated rings. The number of benzene rings is 2. The van der Waals surface area contributed by atoms with E-state index in [0.717, 1.165) is 11.3 Å². The number of rotatable bonds is 4. The maximum atomic E-state index is 14.2. The normalized spacial score (nSPS) is 10.2. The number of hydrogen-bond donors (Lipinski definition) is 0. The first-order chi connectivity index (χ1) is 10.5. The molecule has 0 aliphatic carbocycles. The largest absolute Gasteiger partial charge is 0.317 e. The molecule has 0 spiro atoms. The maximum Gasteiger partial charge on any atom is 0.135 e. The highest BCUT2D eigenvalue weighted by Crippen LogP contribution is 2.32. The topological polar surface area (TPSA) is 3.24 Å². The Kier molecular flexibility index (Phi) is 4.99. The van der Waals surface area contributed by atoms with E-state index in [1.807, 2.05) is 0 Å². The number of allylic oxidation sites excluding steroid dienone is 1. The lowest BCUT2D eigenvalue weighted by Crippen LogP contribution is -2.17. The lowest BCUT2D eigenvalue weighted by molar-refractivity contribution is 0.576. The maximum absolute atomic E-state index is 14.2. The minimum atomic E-state index is -0.614. The predicted octanol–water partition coefficient (Wildman–Crippen LogP) is 6.02. The van der Waals surface area contributed by atoms with Crippen molar-refractivity contribution in [3.63, 3.8) is 0 Å². The minimum absolute atomic E-state index is 0.0719. The molecule has 0 aromatic heterocycles. The molecule has 114 valence electrons. The van der Waals surface area contributed by atoms with E-state index < -0.39 is 11.6 Å². The minimum Gasteiger partial charge on any atom is -0.317 e. The Morgan fingerprint density at radius 3 is 2.05 bits per heavy atom. The molecule has 2 rings (SSSR count). The molecule has 0 saturated heterocycles. The van der Waals surface area contributed by atoms with Crippen molar-refractivity contribution in [2.45, 2.75) is 13.8 Å². The fourth-order valence-corrected chi connectivity index (χ4v) is 2.39. The van der Waals surface area contributed by atoms with E-state index in [-0.39, 0.29) is 5.56 Å². The second-order valence-corrected chi connectivity index (χ2v) is 5.41. The molecule has 0 heterocycles. The van der Waals surface area contributed by atoms with Crippen molar-refractivity contribution in [2.24, 2.45) is 0 Å². The van der Waals surface area contributed by atoms with Crippen molar-refractivity contribution in [3.05, 3.63) is 83.0 Å². The van der Waals surface area contributed by atoms with Crippen LogP contribution in [0.1, 0.15) is 19.4 Å². The van der Waals surface area contributed by atoms with Crippen molar-refractivity contribution in [1.82, 2.24) is 0 Å². The molecule has 0 radical (unpaired) electrons. The van der Waals surface area contributed by atoms with Gasteiger partial charge in [-0.1, -0.05) is 29.8 Å². The van der Waals surface area contributed by atoms with Crippen LogP contribution in [0.3, 0.4) is 0 Å². The molecule has 4 heteroatoms. The van der Waals surface area contributed by atoms with Crippen molar-refractivity contribution in [3.8, 4) is 0 Å². The summed E-state index contributed by atoms with van der Waals surface area (Å²) in [5.41, 5.74) is 1.84. The number of anilines is 1. The Morgan fingerprint density at radius 2 is 1.59 bits per heavy atom. The van der Waals surface area contributed by atoms with Crippen LogP contribution in [-0.4, -0.2) is 0 Å². The highest BCUT2D eigenvalue weighted by Gasteiger charge is 2.20. The summed E-state index contributed by atoms with van der Waals surface area (Å²) >= 11 is 5.89. The van der Waals surface area contributed by atoms with Crippen LogP contribution in [0.2, 0.25) is 5.02 Å². The molecule has 0 bridgehead atoms. The van der Waals surface area contributed by atoms with Gasteiger partial charge in [-0.05, 0) is 50.2 Å². The van der Waals surface area contributed by atoms with E-state index >= 15 is 0 Å². The van der Waals surface area contributed by atoms with E-state index in [9.17, 15) is 8.78 Å². The zero-order valence-electron chi connectivity index (χ0n) is 12.4. The first-order valence-corrected chi connectivity index (χ1v) is 7.12. The van der Waals surface area contributed by atoms with Crippen LogP contribution in [0.4, 0.5) is 14.5 Å². The SMILES string of the molecule is C=CN(C(=C(C)C)c1c(F)cccc1F)c1ccc(Cl)cc1. The van der Waals surface area contributed by atoms with Gasteiger partial charge in [-0.3, -0.25) is 0 Å². The van der Waals surface area contributed by atoms with Crippen molar-refractivity contribution in [2.75, 3.05) is 4.90 Å². The average Bonchev–Trinajstić information content (AvgIpc) is 2.47. The third-order valence-corrected chi connectivity index (χ3v) is 3.45. The number of hydrogen-bond acceptors (Lipinski definition) is 1. The van der Waals surface area contributed by atoms with Crippen LogP contribution < -0.4 is 4.90 Å². The van der Waals surface area contributed by atoms with Crippen molar-refractivity contribution >= 4 is 23.0 Å². The standard InChI is InChI=1S/C18H16ClF2N/c1-4-22(14-10-8-13(19)9-11-14)18(12(2)3)17-15(20)6-5-7-16(17)21/h4-11H,1H2,2-3H3. The molecule has 0 aliphatic rings. The average molecular weight is 320 g/mol. The van der Waals surface area contributed by atoms with Crippen LogP contribution >= 0.6 is 11.6 Å². The van der Waals surface area contributed by atoms with Crippen molar-refractivity contribution < 1.29 is 8.78 Å². The highest BCUT2D eigenvalue weighted by molar-refractivity contribution is 6.30. The molecule has 0 saturated carbocycles. The monoisotopic (exact) mass is 319 g/mol. The van der Waals surface area contributed by atoms with Crippen LogP contribution in [0.5, 0.6) is 0 Å². The van der Waals surface area contributed by atoms with Gasteiger partial charge < -0.3 is 4.90 Å². The summed E-state index contributed by atoms with van der Waals surface area (Å²) in [6, 6.07) is 10.8. The Labute approximate surface area is 134 Å². The molecule has 2 aromatic carbocycles. The third kappa shape index (κ3) is 3.20. The fourth-order valence-electron chi connectivity index (χ4n) is 2.26. The molecule has 2 aromatic rings. The van der Waals surface area contributed by atoms with Gasteiger partial charge >= 0.3 is 0 Å². The molecule has 0 atom stereocenters. The van der Waals surface area contributed by atoms with E-state index in [0.29, 0.717) is 10.7 Å². The second-order valence-electron chi connectivity index (χ2n) is 4.97. The predicted molar refractivity (Wildman–Crippen MR) is 88.8 cm³/mol. The lowest BCUT2D eigenvalue weighted by atomic mass is 10.0. The van der Waals surface area contributed by atoms with Gasteiger partial charge in [-0.15, -0.1) is 0 Å². The van der Waals surface area contributed by atoms with Gasteiger partial charge in [-0.2, -0.15) is 0 Å². The molecular weight excluding hydrogens is 304 g/mol. The molecular formula is C18H16ClF2N. The first-order valence-electron chi connectivity index (χ1n) is 6.75. The van der Waals surface area contributed by atoms with Gasteiger partial charge in [0, 0.05) is 16.9 Å². The van der Waals surface area contributed by atoms with Gasteiger partial charge in [0.15, 0.2) is 0 Å². The Morgan fingerprint density at radius 1 is 1.05 bits per heavy atom. The zero-order chi connectivity index (χ0) is 16.3. The van der Waals surface area contributed by atoms with Crippen LogP contribution in [-0.2, 0) is 0 Å². The van der Waals surface area contributed by atoms with Gasteiger partial charge in [0.05, 0.1) is 11.3 Å². The summed E-state index contributed by atoms with van der Waals surface area (Å²) in [4.78, 5) is 1.65. The Balaban J connectivity index is 2.63. The molecule has 0 amide bonds. The van der Waals surface area contributed by atoms with Gasteiger partial charge in [0.1, 0.15) is 11.6 Å². The van der Waals surface area contributed by atoms with Crippen LogP contribution in [0.15, 0.2) is 60.8 Å². The fraction of sp³-hybridized carbons (Fsp3) is 0.111. The van der Waals surface area contributed by atoms with E-state index in [1.165, 1.54) is 24.4 Å². The van der Waals surface area contributed by atoms with E-state index in [2.05, 4.69) is 6.58 Å². The van der Waals surface area contributed by atoms with Gasteiger partial charge in [0.2, 0.25) is 0 Å². The zero-order valence-corrected chi connectivity index (χ0v) is 13.2. The third-order valence-electron chi connectivity index (χ3n) is 3.20. The van der Waals surface area contributed by atoms with Gasteiger partial charge in [-0.25, -0.2) is 8.78 Å². The Bertz CT molecular complexity index is 696. The highest BCUT2D eigenvalue weighted by atomic mass is 35.5. The number of halogens is 3. The summed E-state index contributed by atoms with van der Waals surface area (Å²) in [7, 11) is 0. The molecule has 0 N–H and O–H groups in total. The lowest BCUT2D eigenvalue weighted by Gasteiger charge is -2.26. The first kappa shape index (κ1) is 16.2. The number of nitrogens with zero attached hydrogens (tertiary/aromatic N) is 1. The molecule has 0 aliphatic heterocycles. The Hall–Kier alpha value is -2.13. The molecule has 1 nitrogen and oxygen atoms in total. The second kappa shape index (κ2) is 6.75. The molecule has 0 unspecified atom stereocenters. The summed E-state index contributed by atoms with van der Waals surface area (Å²) in [5, 5.41) is 0.587. The van der Waals surface area contributed by atoms with Crippen LogP contribution in [0.25, 0.3) is 5.70 Å². The van der Waals surface area contributed by atoms with Crippen molar-refractivity contribution in [1.29, 1.82) is 0 Å². The van der Waals surface area contributed by atoms with Crippen LogP contribution in [0, 0.1) is 11.6 Å². The quantitative estimate of drug-likeness (QED) is 0.666. The summed E-state index contributed by atoms with van der Waals surface area (Å²) in [6.45, 7) is 7.36. The van der Waals surface area contributed by atoms with E-state index in [4.69, 9.17) is 11.6 Å². The van der Waals surface area contributed by atoms with E-state index in [1.54, 1.807) is 43.0 Å². The van der Waals surface area contributed by atoms with Gasteiger partial charge in [0.25, 0.3) is 0 Å². The molecule has 22 heavy (non-hydrogen) atoms. The smallest absolute Gasteiger partial charge is 0.135 e. The summed E-state index contributed by atoms with van der Waals surface area (Å²) < 4.78 is 28.4. The summed E-state index contributed by atoms with van der Waals surface area (Å²) in [6.07, 6.45) is 1.53. The summed E-state index contributed by atoms with van der Waals surface area (Å²) in [5.74, 6) is -1.23.